The summed E-state index contributed by atoms with van der Waals surface area (Å²) in [5.74, 6) is 0.801. The average Bonchev–Trinajstić information content (AvgIpc) is 3.24. The highest BCUT2D eigenvalue weighted by Crippen LogP contribution is 2.34. The number of thiophene rings is 1. The van der Waals surface area contributed by atoms with E-state index in [0.717, 1.165) is 53.4 Å². The Balaban J connectivity index is 1.82. The van der Waals surface area contributed by atoms with Crippen molar-refractivity contribution in [1.29, 1.82) is 0 Å². The average molecular weight is 329 g/mol. The van der Waals surface area contributed by atoms with Crippen molar-refractivity contribution in [2.45, 2.75) is 32.7 Å². The van der Waals surface area contributed by atoms with Gasteiger partial charge >= 0.3 is 0 Å². The van der Waals surface area contributed by atoms with Gasteiger partial charge in [-0.2, -0.15) is 5.10 Å². The molecule has 1 atom stereocenters. The second kappa shape index (κ2) is 5.58. The van der Waals surface area contributed by atoms with Crippen LogP contribution in [0.3, 0.4) is 0 Å². The summed E-state index contributed by atoms with van der Waals surface area (Å²) < 4.78 is 0.686. The number of aromatic amines is 2. The molecular formula is C16H19N5OS. The van der Waals surface area contributed by atoms with Crippen LogP contribution in [0.15, 0.2) is 17.1 Å². The van der Waals surface area contributed by atoms with Gasteiger partial charge in [0.2, 0.25) is 0 Å². The monoisotopic (exact) mass is 329 g/mol. The van der Waals surface area contributed by atoms with Crippen molar-refractivity contribution in [2.24, 2.45) is 0 Å². The molecular weight excluding hydrogens is 310 g/mol. The van der Waals surface area contributed by atoms with Crippen LogP contribution in [0, 0.1) is 6.92 Å². The molecule has 7 heteroatoms. The van der Waals surface area contributed by atoms with Crippen LogP contribution in [-0.4, -0.2) is 38.2 Å². The lowest BCUT2D eigenvalue weighted by molar-refractivity contribution is 0.262. The van der Waals surface area contributed by atoms with Crippen LogP contribution in [0.4, 0.5) is 0 Å². The van der Waals surface area contributed by atoms with E-state index in [0.29, 0.717) is 4.70 Å². The van der Waals surface area contributed by atoms with Crippen LogP contribution in [0.25, 0.3) is 20.7 Å². The molecule has 6 nitrogen and oxygen atoms in total. The van der Waals surface area contributed by atoms with Crippen LogP contribution < -0.4 is 5.56 Å². The maximum atomic E-state index is 12.5. The molecule has 0 aromatic carbocycles. The van der Waals surface area contributed by atoms with Crippen LogP contribution in [0.5, 0.6) is 0 Å². The molecule has 4 rings (SSSR count). The Morgan fingerprint density at radius 3 is 3.09 bits per heavy atom. The third-order valence-corrected chi connectivity index (χ3v) is 5.74. The normalized spacial score (nSPS) is 19.0. The Morgan fingerprint density at radius 1 is 1.48 bits per heavy atom. The highest BCUT2D eigenvalue weighted by Gasteiger charge is 2.27. The molecule has 1 unspecified atom stereocenters. The predicted molar refractivity (Wildman–Crippen MR) is 91.8 cm³/mol. The lowest BCUT2D eigenvalue weighted by atomic mass is 10.2. The SMILES string of the molecule is CCN1CCCC1c1nc2cc(-c3cn[nH]c3C)sc2c(=O)[nH]1. The maximum absolute atomic E-state index is 12.5. The standard InChI is InChI=1S/C16H19N5OS/c1-3-21-6-4-5-12(21)15-18-11-7-13(10-8-17-20-9(10)2)23-14(11)16(22)19-15/h7-8,12H,3-6H2,1-2H3,(H,17,20)(H,18,19,22). The van der Waals surface area contributed by atoms with Gasteiger partial charge < -0.3 is 4.98 Å². The van der Waals surface area contributed by atoms with E-state index in [4.69, 9.17) is 4.98 Å². The first-order valence-corrected chi connectivity index (χ1v) is 8.77. The van der Waals surface area contributed by atoms with Crippen molar-refractivity contribution in [3.63, 3.8) is 0 Å². The van der Waals surface area contributed by atoms with E-state index >= 15 is 0 Å². The Morgan fingerprint density at radius 2 is 2.35 bits per heavy atom. The van der Waals surface area contributed by atoms with E-state index in [-0.39, 0.29) is 11.6 Å². The fraction of sp³-hybridized carbons (Fsp3) is 0.438. The number of aryl methyl sites for hydroxylation is 1. The number of likely N-dealkylation sites (tertiary alicyclic amines) is 1. The molecule has 1 fully saturated rings. The number of H-pyrrole nitrogens is 2. The lowest BCUT2D eigenvalue weighted by Gasteiger charge is -2.21. The first kappa shape index (κ1) is 14.6. The Hall–Kier alpha value is -1.99. The van der Waals surface area contributed by atoms with Crippen LogP contribution >= 0.6 is 11.3 Å². The Labute approximate surface area is 137 Å². The van der Waals surface area contributed by atoms with Gasteiger partial charge in [-0.15, -0.1) is 11.3 Å². The quantitative estimate of drug-likeness (QED) is 0.774. The second-order valence-corrected chi connectivity index (χ2v) is 7.02. The topological polar surface area (TPSA) is 77.7 Å². The molecule has 3 aromatic rings. The van der Waals surface area contributed by atoms with E-state index in [1.807, 2.05) is 13.0 Å². The Kier molecular flexibility index (Phi) is 3.54. The molecule has 0 bridgehead atoms. The molecule has 0 amide bonds. The number of aromatic nitrogens is 4. The van der Waals surface area contributed by atoms with Gasteiger partial charge in [0.15, 0.2) is 0 Å². The van der Waals surface area contributed by atoms with Crippen molar-refractivity contribution in [2.75, 3.05) is 13.1 Å². The summed E-state index contributed by atoms with van der Waals surface area (Å²) in [6.07, 6.45) is 4.01. The lowest BCUT2D eigenvalue weighted by Crippen LogP contribution is -2.26. The molecule has 23 heavy (non-hydrogen) atoms. The molecule has 2 N–H and O–H groups in total. The highest BCUT2D eigenvalue weighted by molar-refractivity contribution is 7.22. The molecule has 0 spiro atoms. The minimum atomic E-state index is -0.0367. The second-order valence-electron chi connectivity index (χ2n) is 5.97. The van der Waals surface area contributed by atoms with Crippen molar-refractivity contribution in [1.82, 2.24) is 25.1 Å². The number of hydrogen-bond donors (Lipinski definition) is 2. The van der Waals surface area contributed by atoms with Gasteiger partial charge in [0.05, 0.1) is 17.8 Å². The molecule has 1 aliphatic rings. The summed E-state index contributed by atoms with van der Waals surface area (Å²) in [6, 6.07) is 2.23. The number of fused-ring (bicyclic) bond motifs is 1. The summed E-state index contributed by atoms with van der Waals surface area (Å²) in [6.45, 7) is 6.19. The first-order chi connectivity index (χ1) is 11.2. The fourth-order valence-corrected chi connectivity index (χ4v) is 4.42. The molecule has 1 saturated heterocycles. The van der Waals surface area contributed by atoms with Crippen molar-refractivity contribution in [3.05, 3.63) is 34.1 Å². The van der Waals surface area contributed by atoms with Gasteiger partial charge in [-0.3, -0.25) is 14.8 Å². The number of hydrogen-bond acceptors (Lipinski definition) is 5. The van der Waals surface area contributed by atoms with E-state index in [1.54, 1.807) is 6.20 Å². The van der Waals surface area contributed by atoms with Crippen LogP contribution in [-0.2, 0) is 0 Å². The zero-order valence-corrected chi connectivity index (χ0v) is 14.0. The zero-order chi connectivity index (χ0) is 16.0. The number of rotatable bonds is 3. The summed E-state index contributed by atoms with van der Waals surface area (Å²) in [5, 5.41) is 7.00. The van der Waals surface area contributed by atoms with Crippen LogP contribution in [0.1, 0.15) is 37.3 Å². The molecule has 3 aromatic heterocycles. The zero-order valence-electron chi connectivity index (χ0n) is 13.2. The molecule has 0 aliphatic carbocycles. The molecule has 0 saturated carbocycles. The molecule has 120 valence electrons. The fourth-order valence-electron chi connectivity index (χ4n) is 3.36. The van der Waals surface area contributed by atoms with E-state index < -0.39 is 0 Å². The van der Waals surface area contributed by atoms with Crippen LogP contribution in [0.2, 0.25) is 0 Å². The first-order valence-electron chi connectivity index (χ1n) is 7.95. The van der Waals surface area contributed by atoms with E-state index in [1.165, 1.54) is 11.3 Å². The minimum absolute atomic E-state index is 0.0367. The third kappa shape index (κ3) is 2.40. The number of nitrogens with zero attached hydrogens (tertiary/aromatic N) is 3. The summed E-state index contributed by atoms with van der Waals surface area (Å²) in [7, 11) is 0. The third-order valence-electron chi connectivity index (χ3n) is 4.58. The van der Waals surface area contributed by atoms with Gasteiger partial charge in [0, 0.05) is 16.1 Å². The van der Waals surface area contributed by atoms with E-state index in [2.05, 4.69) is 27.0 Å². The molecule has 4 heterocycles. The smallest absolute Gasteiger partial charge is 0.268 e. The minimum Gasteiger partial charge on any atom is -0.308 e. The predicted octanol–water partition coefficient (Wildman–Crippen LogP) is 2.84. The molecule has 0 radical (unpaired) electrons. The highest BCUT2D eigenvalue weighted by atomic mass is 32.1. The van der Waals surface area contributed by atoms with Gasteiger partial charge in [0.1, 0.15) is 10.5 Å². The Bertz CT molecular complexity index is 909. The van der Waals surface area contributed by atoms with Gasteiger partial charge in [0.25, 0.3) is 5.56 Å². The summed E-state index contributed by atoms with van der Waals surface area (Å²) in [5.41, 5.74) is 2.78. The molecule has 1 aliphatic heterocycles. The van der Waals surface area contributed by atoms with Gasteiger partial charge in [-0.25, -0.2) is 4.98 Å². The summed E-state index contributed by atoms with van der Waals surface area (Å²) >= 11 is 1.47. The maximum Gasteiger partial charge on any atom is 0.268 e. The van der Waals surface area contributed by atoms with Crippen molar-refractivity contribution >= 4 is 21.6 Å². The van der Waals surface area contributed by atoms with Gasteiger partial charge in [-0.05, 0) is 38.9 Å². The van der Waals surface area contributed by atoms with Crippen molar-refractivity contribution < 1.29 is 0 Å². The number of nitrogens with one attached hydrogen (secondary N) is 2. The van der Waals surface area contributed by atoms with E-state index in [9.17, 15) is 4.79 Å². The largest absolute Gasteiger partial charge is 0.308 e. The van der Waals surface area contributed by atoms with Crippen molar-refractivity contribution in [3.8, 4) is 10.4 Å². The van der Waals surface area contributed by atoms with Gasteiger partial charge in [-0.1, -0.05) is 6.92 Å². The summed E-state index contributed by atoms with van der Waals surface area (Å²) in [4.78, 5) is 23.7.